The lowest BCUT2D eigenvalue weighted by Crippen LogP contribution is -2.26. The highest BCUT2D eigenvalue weighted by Gasteiger charge is 2.19. The molecule has 1 aliphatic heterocycles. The number of carbonyl (C=O) groups is 1. The first-order valence-corrected chi connectivity index (χ1v) is 10.4. The van der Waals surface area contributed by atoms with Crippen LogP contribution in [0.15, 0.2) is 81.5 Å². The van der Waals surface area contributed by atoms with Gasteiger partial charge in [0.1, 0.15) is 0 Å². The zero-order valence-electron chi connectivity index (χ0n) is 15.8. The number of methoxy groups -OCH3 is 1. The van der Waals surface area contributed by atoms with Gasteiger partial charge in [0.15, 0.2) is 0 Å². The van der Waals surface area contributed by atoms with Gasteiger partial charge in [0, 0.05) is 45.2 Å². The largest absolute Gasteiger partial charge is 0.383 e. The van der Waals surface area contributed by atoms with Crippen molar-refractivity contribution >= 4 is 40.7 Å². The van der Waals surface area contributed by atoms with Gasteiger partial charge in [-0.3, -0.25) is 4.79 Å². The fourth-order valence-electron chi connectivity index (χ4n) is 3.08. The predicted octanol–water partition coefficient (Wildman–Crippen LogP) is 5.35. The Morgan fingerprint density at radius 3 is 2.66 bits per heavy atom. The smallest absolute Gasteiger partial charge is 0.251 e. The molecular weight excluding hydrogens is 404 g/mol. The van der Waals surface area contributed by atoms with Gasteiger partial charge >= 0.3 is 0 Å². The molecule has 6 heteroatoms. The Hall–Kier alpha value is -2.60. The Kier molecular flexibility index (Phi) is 6.00. The summed E-state index contributed by atoms with van der Waals surface area (Å²) in [5.41, 5.74) is 4.24. The second kappa shape index (κ2) is 8.82. The van der Waals surface area contributed by atoms with Crippen molar-refractivity contribution < 1.29 is 9.53 Å². The van der Waals surface area contributed by atoms with E-state index in [4.69, 9.17) is 21.3 Å². The van der Waals surface area contributed by atoms with Crippen molar-refractivity contribution in [1.82, 2.24) is 5.32 Å². The molecule has 1 aliphatic rings. The molecule has 4 rings (SSSR count). The van der Waals surface area contributed by atoms with E-state index in [2.05, 4.69) is 17.4 Å². The molecule has 146 valence electrons. The van der Waals surface area contributed by atoms with Crippen LogP contribution >= 0.6 is 23.4 Å². The molecule has 0 radical (unpaired) electrons. The first kappa shape index (κ1) is 19.7. The van der Waals surface area contributed by atoms with Crippen molar-refractivity contribution in [2.24, 2.45) is 4.99 Å². The maximum Gasteiger partial charge on any atom is 0.251 e. The average molecular weight is 423 g/mol. The van der Waals surface area contributed by atoms with E-state index >= 15 is 0 Å². The van der Waals surface area contributed by atoms with Crippen LogP contribution in [0.5, 0.6) is 0 Å². The fraction of sp³-hybridized carbons (Fsp3) is 0.130. The second-order valence-electron chi connectivity index (χ2n) is 6.50. The number of hydrogen-bond acceptors (Lipinski definition) is 4. The number of halogens is 1. The number of nitrogens with one attached hydrogen (secondary N) is 1. The number of aliphatic imine (C=N–C) groups is 1. The van der Waals surface area contributed by atoms with Crippen molar-refractivity contribution in [2.45, 2.75) is 9.79 Å². The molecule has 0 unspecified atom stereocenters. The van der Waals surface area contributed by atoms with Gasteiger partial charge in [0.25, 0.3) is 5.91 Å². The van der Waals surface area contributed by atoms with E-state index in [1.165, 1.54) is 0 Å². The summed E-state index contributed by atoms with van der Waals surface area (Å²) in [6.07, 6.45) is 0. The molecule has 29 heavy (non-hydrogen) atoms. The van der Waals surface area contributed by atoms with E-state index < -0.39 is 0 Å². The van der Waals surface area contributed by atoms with Gasteiger partial charge in [-0.15, -0.1) is 0 Å². The number of amides is 1. The topological polar surface area (TPSA) is 50.7 Å². The molecule has 4 nitrogen and oxygen atoms in total. The quantitative estimate of drug-likeness (QED) is 0.441. The standard InChI is InChI=1S/C23H19ClN2O2S/c1-28-13-12-25-23(27)16-8-11-21-19(14-16)26-22(15-6-9-17(24)10-7-15)18-4-2-3-5-20(18)29-21/h2-11,14H,12-13H2,1H3,(H,25,27). The van der Waals surface area contributed by atoms with Gasteiger partial charge in [0.2, 0.25) is 0 Å². The Morgan fingerprint density at radius 2 is 1.86 bits per heavy atom. The van der Waals surface area contributed by atoms with Crippen LogP contribution in [-0.4, -0.2) is 31.9 Å². The lowest BCUT2D eigenvalue weighted by molar-refractivity contribution is 0.0937. The predicted molar refractivity (Wildman–Crippen MR) is 118 cm³/mol. The third kappa shape index (κ3) is 4.37. The minimum absolute atomic E-state index is 0.139. The Bertz CT molecular complexity index is 1080. The molecule has 3 aromatic carbocycles. The molecule has 0 saturated carbocycles. The first-order valence-electron chi connectivity index (χ1n) is 9.19. The molecule has 1 amide bonds. The monoisotopic (exact) mass is 422 g/mol. The van der Waals surface area contributed by atoms with Crippen LogP contribution in [-0.2, 0) is 4.74 Å². The van der Waals surface area contributed by atoms with Crippen LogP contribution in [0.1, 0.15) is 21.5 Å². The summed E-state index contributed by atoms with van der Waals surface area (Å²) >= 11 is 7.73. The van der Waals surface area contributed by atoms with Gasteiger partial charge in [0.05, 0.1) is 18.0 Å². The average Bonchev–Trinajstić information content (AvgIpc) is 2.90. The zero-order valence-corrected chi connectivity index (χ0v) is 17.4. The Morgan fingerprint density at radius 1 is 1.07 bits per heavy atom. The number of fused-ring (bicyclic) bond motifs is 2. The number of ether oxygens (including phenoxy) is 1. The summed E-state index contributed by atoms with van der Waals surface area (Å²) in [6.45, 7) is 0.937. The lowest BCUT2D eigenvalue weighted by Gasteiger charge is -2.09. The summed E-state index contributed by atoms with van der Waals surface area (Å²) in [4.78, 5) is 19.6. The first-order chi connectivity index (χ1) is 14.2. The van der Waals surface area contributed by atoms with Crippen molar-refractivity contribution in [3.05, 3.63) is 88.4 Å². The summed E-state index contributed by atoms with van der Waals surface area (Å²) in [5.74, 6) is -0.139. The van der Waals surface area contributed by atoms with E-state index in [0.29, 0.717) is 23.7 Å². The van der Waals surface area contributed by atoms with Crippen molar-refractivity contribution in [2.75, 3.05) is 20.3 Å². The normalized spacial score (nSPS) is 12.4. The zero-order chi connectivity index (χ0) is 20.2. The molecule has 1 N–H and O–H groups in total. The molecular formula is C23H19ClN2O2S. The minimum Gasteiger partial charge on any atom is -0.383 e. The Balaban J connectivity index is 1.78. The molecule has 0 aromatic heterocycles. The SMILES string of the molecule is COCCNC(=O)c1ccc2c(c1)N=C(c1ccc(Cl)cc1)c1ccccc1S2. The summed E-state index contributed by atoms with van der Waals surface area (Å²) in [7, 11) is 1.61. The van der Waals surface area contributed by atoms with Crippen LogP contribution in [0.25, 0.3) is 0 Å². The second-order valence-corrected chi connectivity index (χ2v) is 8.02. The highest BCUT2D eigenvalue weighted by Crippen LogP contribution is 2.41. The summed E-state index contributed by atoms with van der Waals surface area (Å²) < 4.78 is 4.99. The van der Waals surface area contributed by atoms with Crippen LogP contribution < -0.4 is 5.32 Å². The van der Waals surface area contributed by atoms with Crippen LogP contribution in [0, 0.1) is 0 Å². The van der Waals surface area contributed by atoms with Gasteiger partial charge in [-0.05, 0) is 36.4 Å². The number of hydrogen-bond donors (Lipinski definition) is 1. The molecule has 0 spiro atoms. The number of rotatable bonds is 5. The molecule has 0 aliphatic carbocycles. The molecule has 0 bridgehead atoms. The number of carbonyl (C=O) groups excluding carboxylic acids is 1. The van der Waals surface area contributed by atoms with Gasteiger partial charge < -0.3 is 10.1 Å². The molecule has 0 saturated heterocycles. The maximum absolute atomic E-state index is 12.5. The molecule has 3 aromatic rings. The third-order valence-corrected chi connectivity index (χ3v) is 5.92. The lowest BCUT2D eigenvalue weighted by atomic mass is 10.0. The summed E-state index contributed by atoms with van der Waals surface area (Å²) in [5, 5.41) is 3.54. The van der Waals surface area contributed by atoms with Gasteiger partial charge in [-0.25, -0.2) is 4.99 Å². The van der Waals surface area contributed by atoms with Crippen LogP contribution in [0.2, 0.25) is 5.02 Å². The van der Waals surface area contributed by atoms with E-state index in [0.717, 1.165) is 32.3 Å². The van der Waals surface area contributed by atoms with E-state index in [9.17, 15) is 4.79 Å². The maximum atomic E-state index is 12.5. The van der Waals surface area contributed by atoms with Crippen molar-refractivity contribution in [1.29, 1.82) is 0 Å². The Labute approximate surface area is 179 Å². The third-order valence-electron chi connectivity index (χ3n) is 4.52. The van der Waals surface area contributed by atoms with Crippen molar-refractivity contribution in [3.8, 4) is 0 Å². The van der Waals surface area contributed by atoms with Crippen molar-refractivity contribution in [3.63, 3.8) is 0 Å². The van der Waals surface area contributed by atoms with Crippen LogP contribution in [0.4, 0.5) is 5.69 Å². The fourth-order valence-corrected chi connectivity index (χ4v) is 4.21. The summed E-state index contributed by atoms with van der Waals surface area (Å²) in [6, 6.07) is 21.5. The highest BCUT2D eigenvalue weighted by molar-refractivity contribution is 7.99. The van der Waals surface area contributed by atoms with Crippen LogP contribution in [0.3, 0.4) is 0 Å². The number of nitrogens with zero attached hydrogens (tertiary/aromatic N) is 1. The van der Waals surface area contributed by atoms with E-state index in [-0.39, 0.29) is 5.91 Å². The highest BCUT2D eigenvalue weighted by atomic mass is 35.5. The van der Waals surface area contributed by atoms with E-state index in [1.807, 2.05) is 54.6 Å². The minimum atomic E-state index is -0.139. The molecule has 1 heterocycles. The van der Waals surface area contributed by atoms with E-state index in [1.54, 1.807) is 18.9 Å². The number of benzene rings is 3. The van der Waals surface area contributed by atoms with Gasteiger partial charge in [-0.1, -0.05) is 53.7 Å². The molecule has 0 atom stereocenters. The van der Waals surface area contributed by atoms with Gasteiger partial charge in [-0.2, -0.15) is 0 Å². The molecule has 0 fully saturated rings.